The van der Waals surface area contributed by atoms with Gasteiger partial charge in [-0.15, -0.1) is 24.0 Å². The molecule has 2 saturated carbocycles. The molecule has 3 rings (SSSR count). The van der Waals surface area contributed by atoms with Crippen molar-refractivity contribution in [1.82, 2.24) is 15.5 Å². The Morgan fingerprint density at radius 1 is 1.17 bits per heavy atom. The third kappa shape index (κ3) is 6.43. The number of hydrogen-bond acceptors (Lipinski definition) is 4. The number of guanidine groups is 1. The molecule has 3 aliphatic rings. The second-order valence-electron chi connectivity index (χ2n) is 8.90. The number of likely N-dealkylation sites (tertiary alicyclic amines) is 1. The normalized spacial score (nSPS) is 27.9. The molecule has 0 aromatic heterocycles. The Morgan fingerprint density at radius 3 is 2.52 bits per heavy atom. The summed E-state index contributed by atoms with van der Waals surface area (Å²) in [6.07, 6.45) is 10.7. The van der Waals surface area contributed by atoms with Gasteiger partial charge in [0.15, 0.2) is 5.96 Å². The minimum atomic E-state index is 0. The summed E-state index contributed by atoms with van der Waals surface area (Å²) >= 11 is 0. The van der Waals surface area contributed by atoms with Crippen molar-refractivity contribution < 1.29 is 9.47 Å². The average Bonchev–Trinajstić information content (AvgIpc) is 2.75. The highest BCUT2D eigenvalue weighted by molar-refractivity contribution is 14.0. The van der Waals surface area contributed by atoms with Gasteiger partial charge in [-0.05, 0) is 58.0 Å². The van der Waals surface area contributed by atoms with Crippen LogP contribution in [0.3, 0.4) is 0 Å². The van der Waals surface area contributed by atoms with Crippen LogP contribution in [-0.2, 0) is 9.47 Å². The van der Waals surface area contributed by atoms with Crippen molar-refractivity contribution in [2.45, 2.75) is 70.4 Å². The van der Waals surface area contributed by atoms with Gasteiger partial charge >= 0.3 is 0 Å². The summed E-state index contributed by atoms with van der Waals surface area (Å²) in [5, 5.41) is 7.38. The van der Waals surface area contributed by atoms with Crippen LogP contribution >= 0.6 is 24.0 Å². The van der Waals surface area contributed by atoms with Crippen molar-refractivity contribution in [3.05, 3.63) is 0 Å². The van der Waals surface area contributed by atoms with E-state index in [2.05, 4.69) is 27.4 Å². The third-order valence-electron chi connectivity index (χ3n) is 7.35. The molecule has 0 bridgehead atoms. The molecule has 29 heavy (non-hydrogen) atoms. The number of rotatable bonds is 8. The van der Waals surface area contributed by atoms with Crippen LogP contribution in [0.5, 0.6) is 0 Å². The second-order valence-corrected chi connectivity index (χ2v) is 8.90. The van der Waals surface area contributed by atoms with Gasteiger partial charge in [-0.3, -0.25) is 4.99 Å². The number of methoxy groups -OCH3 is 1. The molecule has 1 spiro atoms. The first-order valence-corrected chi connectivity index (χ1v) is 11.5. The molecule has 0 radical (unpaired) electrons. The number of hydrogen-bond donors (Lipinski definition) is 2. The molecule has 1 heterocycles. The van der Waals surface area contributed by atoms with Gasteiger partial charge in [0.1, 0.15) is 0 Å². The van der Waals surface area contributed by atoms with E-state index >= 15 is 0 Å². The Morgan fingerprint density at radius 2 is 1.90 bits per heavy atom. The maximum Gasteiger partial charge on any atom is 0.191 e. The minimum absolute atomic E-state index is 0. The van der Waals surface area contributed by atoms with Gasteiger partial charge in [-0.25, -0.2) is 0 Å². The van der Waals surface area contributed by atoms with Crippen molar-refractivity contribution in [3.8, 4) is 0 Å². The van der Waals surface area contributed by atoms with E-state index in [1.807, 2.05) is 7.05 Å². The molecule has 2 aliphatic carbocycles. The zero-order valence-electron chi connectivity index (χ0n) is 18.8. The number of piperidine rings is 1. The summed E-state index contributed by atoms with van der Waals surface area (Å²) in [5.41, 5.74) is 0.332. The van der Waals surface area contributed by atoms with Gasteiger partial charge in [-0.1, -0.05) is 19.3 Å². The van der Waals surface area contributed by atoms with Crippen LogP contribution in [-0.4, -0.2) is 76.6 Å². The summed E-state index contributed by atoms with van der Waals surface area (Å²) in [4.78, 5) is 7.04. The fraction of sp³-hybridized carbons (Fsp3) is 0.955. The quantitative estimate of drug-likeness (QED) is 0.291. The number of halogens is 1. The van der Waals surface area contributed by atoms with Crippen LogP contribution < -0.4 is 10.6 Å². The van der Waals surface area contributed by atoms with Crippen molar-refractivity contribution in [2.24, 2.45) is 16.3 Å². The number of ether oxygens (including phenoxy) is 2. The number of nitrogens with zero attached hydrogens (tertiary/aromatic N) is 2. The largest absolute Gasteiger partial charge is 0.383 e. The first-order valence-electron chi connectivity index (χ1n) is 11.5. The Labute approximate surface area is 195 Å². The fourth-order valence-corrected chi connectivity index (χ4v) is 5.50. The highest BCUT2D eigenvalue weighted by Gasteiger charge is 2.55. The van der Waals surface area contributed by atoms with Gasteiger partial charge < -0.3 is 25.0 Å². The second kappa shape index (κ2) is 12.7. The molecule has 2 unspecified atom stereocenters. The molecular formula is C22H43IN4O2. The molecule has 170 valence electrons. The highest BCUT2D eigenvalue weighted by Crippen LogP contribution is 2.53. The van der Waals surface area contributed by atoms with Gasteiger partial charge in [0, 0.05) is 45.3 Å². The standard InChI is InChI=1S/C22H42N4O2.HI/c1-4-28-20-16-19(22(20)10-6-5-7-11-22)25-21(23-2)24-17-18-8-12-26(13-9-18)14-15-27-3;/h18-20H,4-17H2,1-3H3,(H2,23,24,25);1H. The molecule has 1 saturated heterocycles. The monoisotopic (exact) mass is 522 g/mol. The summed E-state index contributed by atoms with van der Waals surface area (Å²) in [6.45, 7) is 8.24. The van der Waals surface area contributed by atoms with Crippen LogP contribution in [0, 0.1) is 11.3 Å². The van der Waals surface area contributed by atoms with Crippen LogP contribution in [0.25, 0.3) is 0 Å². The molecule has 2 atom stereocenters. The van der Waals surface area contributed by atoms with E-state index in [4.69, 9.17) is 9.47 Å². The van der Waals surface area contributed by atoms with E-state index in [-0.39, 0.29) is 24.0 Å². The topological polar surface area (TPSA) is 58.1 Å². The fourth-order valence-electron chi connectivity index (χ4n) is 5.50. The lowest BCUT2D eigenvalue weighted by Crippen LogP contribution is -2.66. The van der Waals surface area contributed by atoms with E-state index in [0.29, 0.717) is 17.6 Å². The highest BCUT2D eigenvalue weighted by atomic mass is 127. The molecule has 7 heteroatoms. The van der Waals surface area contributed by atoms with E-state index in [1.54, 1.807) is 7.11 Å². The van der Waals surface area contributed by atoms with Crippen molar-refractivity contribution in [2.75, 3.05) is 53.6 Å². The van der Waals surface area contributed by atoms with Crippen molar-refractivity contribution in [1.29, 1.82) is 0 Å². The Hall–Kier alpha value is -0.120. The molecular weight excluding hydrogens is 479 g/mol. The van der Waals surface area contributed by atoms with Gasteiger partial charge in [0.05, 0.1) is 12.7 Å². The number of aliphatic imine (C=N–C) groups is 1. The lowest BCUT2D eigenvalue weighted by atomic mass is 9.55. The lowest BCUT2D eigenvalue weighted by Gasteiger charge is -2.58. The summed E-state index contributed by atoms with van der Waals surface area (Å²) < 4.78 is 11.3. The van der Waals surface area contributed by atoms with Crippen LogP contribution in [0.2, 0.25) is 0 Å². The van der Waals surface area contributed by atoms with Crippen LogP contribution in [0.4, 0.5) is 0 Å². The summed E-state index contributed by atoms with van der Waals surface area (Å²) in [5.74, 6) is 1.71. The molecule has 0 aromatic carbocycles. The summed E-state index contributed by atoms with van der Waals surface area (Å²) in [7, 11) is 3.68. The average molecular weight is 523 g/mol. The molecule has 0 amide bonds. The Bertz CT molecular complexity index is 491. The van der Waals surface area contributed by atoms with Crippen LogP contribution in [0.15, 0.2) is 4.99 Å². The first-order chi connectivity index (χ1) is 13.7. The van der Waals surface area contributed by atoms with E-state index < -0.39 is 0 Å². The zero-order valence-corrected chi connectivity index (χ0v) is 21.1. The smallest absolute Gasteiger partial charge is 0.191 e. The van der Waals surface area contributed by atoms with Gasteiger partial charge in [0.2, 0.25) is 0 Å². The summed E-state index contributed by atoms with van der Waals surface area (Å²) in [6, 6.07) is 0.506. The van der Waals surface area contributed by atoms with Crippen molar-refractivity contribution in [3.63, 3.8) is 0 Å². The lowest BCUT2D eigenvalue weighted by molar-refractivity contribution is -0.145. The zero-order chi connectivity index (χ0) is 19.8. The van der Waals surface area contributed by atoms with Crippen LogP contribution in [0.1, 0.15) is 58.3 Å². The van der Waals surface area contributed by atoms with E-state index in [1.165, 1.54) is 58.0 Å². The predicted molar refractivity (Wildman–Crippen MR) is 130 cm³/mol. The number of nitrogens with one attached hydrogen (secondary N) is 2. The van der Waals surface area contributed by atoms with E-state index in [9.17, 15) is 0 Å². The molecule has 0 aromatic rings. The predicted octanol–water partition coefficient (Wildman–Crippen LogP) is 3.26. The van der Waals surface area contributed by atoms with Gasteiger partial charge in [0.25, 0.3) is 0 Å². The Balaban J connectivity index is 0.00000300. The third-order valence-corrected chi connectivity index (χ3v) is 7.35. The van der Waals surface area contributed by atoms with E-state index in [0.717, 1.165) is 44.6 Å². The van der Waals surface area contributed by atoms with Gasteiger partial charge in [-0.2, -0.15) is 0 Å². The Kier molecular flexibility index (Phi) is 11.0. The molecule has 6 nitrogen and oxygen atoms in total. The minimum Gasteiger partial charge on any atom is -0.383 e. The molecule has 1 aliphatic heterocycles. The van der Waals surface area contributed by atoms with Crippen molar-refractivity contribution >= 4 is 29.9 Å². The molecule has 2 N–H and O–H groups in total. The molecule has 3 fully saturated rings. The first kappa shape index (κ1) is 25.1. The maximum absolute atomic E-state index is 6.10. The SMILES string of the molecule is CCOC1CC(NC(=NC)NCC2CCN(CCOC)CC2)C12CCCCC2.I. The maximum atomic E-state index is 6.10.